The molecule has 0 heterocycles. The Labute approximate surface area is 109 Å². The predicted molar refractivity (Wildman–Crippen MR) is 72.5 cm³/mol. The van der Waals surface area contributed by atoms with E-state index < -0.39 is 16.0 Å². The number of nitriles is 1. The van der Waals surface area contributed by atoms with E-state index in [1.807, 2.05) is 13.0 Å². The highest BCUT2D eigenvalue weighted by Crippen LogP contribution is 2.10. The smallest absolute Gasteiger partial charge is 0.239 e. The first kappa shape index (κ1) is 14.4. The molecule has 0 saturated carbocycles. The largest absolute Gasteiger partial charge is 0.325 e. The number of amides is 1. The Bertz CT molecular complexity index is 477. The Kier molecular flexibility index (Phi) is 5.53. The molecule has 0 spiro atoms. The molecule has 2 atom stereocenters. The van der Waals surface area contributed by atoms with Crippen LogP contribution < -0.4 is 5.32 Å². The lowest BCUT2D eigenvalue weighted by molar-refractivity contribution is -0.115. The van der Waals surface area contributed by atoms with Crippen LogP contribution in [0.15, 0.2) is 24.3 Å². The average Bonchev–Trinajstić information content (AvgIpc) is 2.39. The summed E-state index contributed by atoms with van der Waals surface area (Å²) in [7, 11) is -1.14. The number of benzene rings is 1. The predicted octanol–water partition coefficient (Wildman–Crippen LogP) is 2.04. The Morgan fingerprint density at radius 1 is 1.44 bits per heavy atom. The summed E-state index contributed by atoms with van der Waals surface area (Å²) in [5, 5.41) is 10.8. The normalized spacial score (nSPS) is 13.4. The van der Waals surface area contributed by atoms with E-state index in [1.165, 1.54) is 0 Å². The van der Waals surface area contributed by atoms with Crippen LogP contribution in [-0.2, 0) is 15.6 Å². The SMILES string of the molecule is CCCS(=O)C(C)C(=O)Nc1ccc(C#N)cc1. The zero-order valence-corrected chi connectivity index (χ0v) is 11.3. The molecule has 2 unspecified atom stereocenters. The van der Waals surface area contributed by atoms with Gasteiger partial charge in [-0.2, -0.15) is 5.26 Å². The van der Waals surface area contributed by atoms with Crippen LogP contribution >= 0.6 is 0 Å². The van der Waals surface area contributed by atoms with Gasteiger partial charge in [-0.1, -0.05) is 6.92 Å². The van der Waals surface area contributed by atoms with Crippen molar-refractivity contribution < 1.29 is 9.00 Å². The molecule has 0 radical (unpaired) electrons. The molecule has 0 aromatic heterocycles. The van der Waals surface area contributed by atoms with Crippen molar-refractivity contribution in [2.24, 2.45) is 0 Å². The monoisotopic (exact) mass is 264 g/mol. The van der Waals surface area contributed by atoms with Crippen molar-refractivity contribution in [2.75, 3.05) is 11.1 Å². The van der Waals surface area contributed by atoms with Crippen molar-refractivity contribution >= 4 is 22.4 Å². The number of nitrogens with zero attached hydrogens (tertiary/aromatic N) is 1. The van der Waals surface area contributed by atoms with Gasteiger partial charge in [-0.25, -0.2) is 0 Å². The van der Waals surface area contributed by atoms with Gasteiger partial charge in [-0.15, -0.1) is 0 Å². The standard InChI is InChI=1S/C13H16N2O2S/c1-3-8-18(17)10(2)13(16)15-12-6-4-11(9-14)5-7-12/h4-7,10H,3,8H2,1-2H3,(H,15,16). The third kappa shape index (κ3) is 3.97. The fraction of sp³-hybridized carbons (Fsp3) is 0.385. The molecule has 1 amide bonds. The fourth-order valence-electron chi connectivity index (χ4n) is 1.37. The second kappa shape index (κ2) is 6.92. The van der Waals surface area contributed by atoms with Crippen molar-refractivity contribution in [3.8, 4) is 6.07 Å². The molecule has 1 aromatic carbocycles. The third-order valence-electron chi connectivity index (χ3n) is 2.45. The van der Waals surface area contributed by atoms with Gasteiger partial charge < -0.3 is 5.32 Å². The highest BCUT2D eigenvalue weighted by Gasteiger charge is 2.19. The van der Waals surface area contributed by atoms with Gasteiger partial charge in [0, 0.05) is 22.2 Å². The summed E-state index contributed by atoms with van der Waals surface area (Å²) in [6.07, 6.45) is 0.793. The summed E-state index contributed by atoms with van der Waals surface area (Å²) < 4.78 is 11.7. The number of hydrogen-bond acceptors (Lipinski definition) is 3. The first-order chi connectivity index (χ1) is 8.58. The highest BCUT2D eigenvalue weighted by molar-refractivity contribution is 7.86. The molecule has 1 N–H and O–H groups in total. The summed E-state index contributed by atoms with van der Waals surface area (Å²) >= 11 is 0. The van der Waals surface area contributed by atoms with Gasteiger partial charge in [0.1, 0.15) is 5.25 Å². The molecule has 4 nitrogen and oxygen atoms in total. The van der Waals surface area contributed by atoms with Gasteiger partial charge in [0.25, 0.3) is 0 Å². The Morgan fingerprint density at radius 2 is 2.06 bits per heavy atom. The Hall–Kier alpha value is -1.67. The lowest BCUT2D eigenvalue weighted by Crippen LogP contribution is -2.30. The lowest BCUT2D eigenvalue weighted by Gasteiger charge is -2.11. The molecule has 0 fully saturated rings. The van der Waals surface area contributed by atoms with E-state index in [1.54, 1.807) is 31.2 Å². The van der Waals surface area contributed by atoms with Gasteiger partial charge in [0.15, 0.2) is 0 Å². The molecule has 18 heavy (non-hydrogen) atoms. The summed E-state index contributed by atoms with van der Waals surface area (Å²) in [6, 6.07) is 8.58. The van der Waals surface area contributed by atoms with E-state index in [-0.39, 0.29) is 5.91 Å². The first-order valence-corrected chi connectivity index (χ1v) is 7.15. The van der Waals surface area contributed by atoms with Crippen LogP contribution in [-0.4, -0.2) is 21.1 Å². The topological polar surface area (TPSA) is 70.0 Å². The zero-order chi connectivity index (χ0) is 13.5. The number of anilines is 1. The molecule has 0 saturated heterocycles. The van der Waals surface area contributed by atoms with Crippen LogP contribution in [0.1, 0.15) is 25.8 Å². The van der Waals surface area contributed by atoms with Crippen molar-refractivity contribution in [1.29, 1.82) is 5.26 Å². The van der Waals surface area contributed by atoms with E-state index in [0.717, 1.165) is 6.42 Å². The van der Waals surface area contributed by atoms with Crippen LogP contribution in [0.2, 0.25) is 0 Å². The zero-order valence-electron chi connectivity index (χ0n) is 10.5. The summed E-state index contributed by atoms with van der Waals surface area (Å²) in [5.74, 6) is 0.272. The van der Waals surface area contributed by atoms with Crippen LogP contribution in [0, 0.1) is 11.3 Å². The highest BCUT2D eigenvalue weighted by atomic mass is 32.2. The number of nitrogens with one attached hydrogen (secondary N) is 1. The maximum atomic E-state index is 11.8. The Morgan fingerprint density at radius 3 is 2.56 bits per heavy atom. The van der Waals surface area contributed by atoms with E-state index in [2.05, 4.69) is 5.32 Å². The molecule has 0 aliphatic rings. The molecule has 96 valence electrons. The van der Waals surface area contributed by atoms with Gasteiger partial charge in [0.05, 0.1) is 11.6 Å². The lowest BCUT2D eigenvalue weighted by atomic mass is 10.2. The van der Waals surface area contributed by atoms with Crippen LogP contribution in [0.3, 0.4) is 0 Å². The van der Waals surface area contributed by atoms with Crippen molar-refractivity contribution in [1.82, 2.24) is 0 Å². The third-order valence-corrected chi connectivity index (χ3v) is 4.26. The molecule has 5 heteroatoms. The van der Waals surface area contributed by atoms with Crippen molar-refractivity contribution in [3.63, 3.8) is 0 Å². The molecule has 1 rings (SSSR count). The minimum Gasteiger partial charge on any atom is -0.325 e. The first-order valence-electron chi connectivity index (χ1n) is 5.76. The van der Waals surface area contributed by atoms with E-state index in [4.69, 9.17) is 5.26 Å². The quantitative estimate of drug-likeness (QED) is 0.884. The average molecular weight is 264 g/mol. The molecule has 0 aliphatic carbocycles. The molecular weight excluding hydrogens is 248 g/mol. The number of carbonyl (C=O) groups excluding carboxylic acids is 1. The molecule has 0 aliphatic heterocycles. The van der Waals surface area contributed by atoms with E-state index in [9.17, 15) is 9.00 Å². The van der Waals surface area contributed by atoms with Crippen molar-refractivity contribution in [3.05, 3.63) is 29.8 Å². The van der Waals surface area contributed by atoms with Crippen molar-refractivity contribution in [2.45, 2.75) is 25.5 Å². The molecule has 0 bridgehead atoms. The minimum absolute atomic E-state index is 0.258. The van der Waals surface area contributed by atoms with Gasteiger partial charge in [0.2, 0.25) is 5.91 Å². The summed E-state index contributed by atoms with van der Waals surface area (Å²) in [6.45, 7) is 3.59. The maximum absolute atomic E-state index is 11.8. The fourth-order valence-corrected chi connectivity index (χ4v) is 2.42. The molecule has 1 aromatic rings. The van der Waals surface area contributed by atoms with Crippen LogP contribution in [0.5, 0.6) is 0 Å². The van der Waals surface area contributed by atoms with Crippen LogP contribution in [0.4, 0.5) is 5.69 Å². The summed E-state index contributed by atoms with van der Waals surface area (Å²) in [4.78, 5) is 11.8. The summed E-state index contributed by atoms with van der Waals surface area (Å²) in [5.41, 5.74) is 1.15. The minimum atomic E-state index is -1.14. The maximum Gasteiger partial charge on any atom is 0.239 e. The number of rotatable bonds is 5. The second-order valence-corrected chi connectivity index (χ2v) is 5.78. The van der Waals surface area contributed by atoms with E-state index >= 15 is 0 Å². The second-order valence-electron chi connectivity index (χ2n) is 3.91. The number of hydrogen-bond donors (Lipinski definition) is 1. The van der Waals surface area contributed by atoms with Gasteiger partial charge in [-0.05, 0) is 37.6 Å². The van der Waals surface area contributed by atoms with Crippen LogP contribution in [0.25, 0.3) is 0 Å². The number of carbonyl (C=O) groups is 1. The van der Waals surface area contributed by atoms with Gasteiger partial charge >= 0.3 is 0 Å². The van der Waals surface area contributed by atoms with Gasteiger partial charge in [-0.3, -0.25) is 9.00 Å². The van der Waals surface area contributed by atoms with E-state index in [0.29, 0.717) is 17.0 Å². The Balaban J connectivity index is 2.64. The molecular formula is C13H16N2O2S.